The molecule has 1 saturated heterocycles. The number of hydrogen-bond donors (Lipinski definition) is 0. The number of carbonyl (C=O) groups excluding carboxylic acids is 4. The summed E-state index contributed by atoms with van der Waals surface area (Å²) < 4.78 is 19.2. The van der Waals surface area contributed by atoms with Crippen LogP contribution < -0.4 is 4.90 Å². The molecule has 1 atom stereocenters. The fourth-order valence-electron chi connectivity index (χ4n) is 4.39. The van der Waals surface area contributed by atoms with Crippen LogP contribution in [0.1, 0.15) is 47.4 Å². The number of hydrogen-bond acceptors (Lipinski definition) is 5. The lowest BCUT2D eigenvalue weighted by Crippen LogP contribution is -2.70. The van der Waals surface area contributed by atoms with Crippen molar-refractivity contribution < 1.29 is 28.3 Å². The van der Waals surface area contributed by atoms with E-state index in [0.717, 1.165) is 6.07 Å². The van der Waals surface area contributed by atoms with Crippen molar-refractivity contribution in [3.8, 4) is 0 Å². The smallest absolute Gasteiger partial charge is 0.354 e. The van der Waals surface area contributed by atoms with Crippen LogP contribution in [0, 0.1) is 5.82 Å². The molecule has 2 aromatic rings. The molecule has 0 saturated carbocycles. The van der Waals surface area contributed by atoms with Gasteiger partial charge in [-0.15, -0.1) is 0 Å². The van der Waals surface area contributed by atoms with Crippen molar-refractivity contribution in [3.63, 3.8) is 0 Å². The SMILES string of the molecule is CC(C)N1C(=O)c2ccccc2N2C(=O)CCC21C(=O)OCC(=O)c1ccccc1F. The van der Waals surface area contributed by atoms with E-state index in [2.05, 4.69) is 0 Å². The summed E-state index contributed by atoms with van der Waals surface area (Å²) in [5, 5.41) is 0. The number of rotatable bonds is 5. The van der Waals surface area contributed by atoms with Crippen molar-refractivity contribution in [2.75, 3.05) is 11.5 Å². The van der Waals surface area contributed by atoms with Crippen molar-refractivity contribution in [1.29, 1.82) is 0 Å². The Balaban J connectivity index is 1.71. The highest BCUT2D eigenvalue weighted by Crippen LogP contribution is 2.45. The zero-order valence-corrected chi connectivity index (χ0v) is 17.1. The predicted octanol–water partition coefficient (Wildman–Crippen LogP) is 2.94. The maximum atomic E-state index is 13.9. The molecule has 2 aromatic carbocycles. The number of nitrogens with zero attached hydrogens (tertiary/aromatic N) is 2. The van der Waals surface area contributed by atoms with E-state index in [1.54, 1.807) is 38.1 Å². The Hall–Kier alpha value is -3.55. The number of ether oxygens (including phenoxy) is 1. The van der Waals surface area contributed by atoms with Crippen molar-refractivity contribution in [2.45, 2.75) is 38.4 Å². The minimum Gasteiger partial charge on any atom is -0.454 e. The van der Waals surface area contributed by atoms with Crippen molar-refractivity contribution >= 4 is 29.3 Å². The zero-order valence-electron chi connectivity index (χ0n) is 17.1. The van der Waals surface area contributed by atoms with Crippen LogP contribution in [-0.4, -0.2) is 46.8 Å². The normalized spacial score (nSPS) is 20.0. The third-order valence-corrected chi connectivity index (χ3v) is 5.65. The Morgan fingerprint density at radius 2 is 1.77 bits per heavy atom. The highest BCUT2D eigenvalue weighted by molar-refractivity contribution is 6.15. The third-order valence-electron chi connectivity index (χ3n) is 5.65. The predicted molar refractivity (Wildman–Crippen MR) is 109 cm³/mol. The number of amides is 2. The average Bonchev–Trinajstić information content (AvgIpc) is 3.10. The summed E-state index contributed by atoms with van der Waals surface area (Å²) in [5.41, 5.74) is -1.23. The molecule has 2 aliphatic heterocycles. The first-order valence-corrected chi connectivity index (χ1v) is 9.99. The Morgan fingerprint density at radius 3 is 2.48 bits per heavy atom. The number of halogens is 1. The van der Waals surface area contributed by atoms with Crippen LogP contribution in [0.5, 0.6) is 0 Å². The molecule has 2 heterocycles. The van der Waals surface area contributed by atoms with E-state index in [9.17, 15) is 23.6 Å². The first kappa shape index (κ1) is 20.7. The summed E-state index contributed by atoms with van der Waals surface area (Å²) in [6, 6.07) is 11.6. The Kier molecular flexibility index (Phi) is 5.08. The quantitative estimate of drug-likeness (QED) is 0.544. The van der Waals surface area contributed by atoms with Gasteiger partial charge in [-0.25, -0.2) is 9.18 Å². The maximum Gasteiger partial charge on any atom is 0.354 e. The van der Waals surface area contributed by atoms with Gasteiger partial charge in [-0.1, -0.05) is 24.3 Å². The minimum absolute atomic E-state index is 0.0385. The molecular weight excluding hydrogens is 403 g/mol. The summed E-state index contributed by atoms with van der Waals surface area (Å²) in [7, 11) is 0. The summed E-state index contributed by atoms with van der Waals surface area (Å²) in [6.45, 7) is 2.78. The van der Waals surface area contributed by atoms with Gasteiger partial charge in [0, 0.05) is 18.9 Å². The van der Waals surface area contributed by atoms with Crippen LogP contribution in [0.25, 0.3) is 0 Å². The summed E-state index contributed by atoms with van der Waals surface area (Å²) >= 11 is 0. The molecule has 0 spiro atoms. The van der Waals surface area contributed by atoms with Crippen molar-refractivity contribution in [2.24, 2.45) is 0 Å². The molecule has 0 aliphatic carbocycles. The van der Waals surface area contributed by atoms with Crippen LogP contribution in [0.2, 0.25) is 0 Å². The van der Waals surface area contributed by atoms with Crippen molar-refractivity contribution in [3.05, 3.63) is 65.5 Å². The standard InChI is InChI=1S/C23H21FN2O5/c1-14(2)25-21(29)16-8-4-6-10-18(16)26-20(28)11-12-23(25,26)22(30)31-13-19(27)15-7-3-5-9-17(15)24/h3-10,14H,11-13H2,1-2H3. The second-order valence-electron chi connectivity index (χ2n) is 7.81. The second-order valence-corrected chi connectivity index (χ2v) is 7.81. The first-order valence-electron chi connectivity index (χ1n) is 9.99. The van der Waals surface area contributed by atoms with E-state index in [1.165, 1.54) is 28.0 Å². The molecule has 4 rings (SSSR count). The van der Waals surface area contributed by atoms with Gasteiger partial charge in [-0.2, -0.15) is 0 Å². The van der Waals surface area contributed by atoms with Gasteiger partial charge >= 0.3 is 5.97 Å². The molecule has 2 amide bonds. The Morgan fingerprint density at radius 1 is 1.10 bits per heavy atom. The largest absolute Gasteiger partial charge is 0.454 e. The molecule has 8 heteroatoms. The minimum atomic E-state index is -1.69. The van der Waals surface area contributed by atoms with E-state index in [-0.39, 0.29) is 24.3 Å². The molecule has 31 heavy (non-hydrogen) atoms. The average molecular weight is 424 g/mol. The van der Waals surface area contributed by atoms with Crippen LogP contribution in [-0.2, 0) is 14.3 Å². The zero-order chi connectivity index (χ0) is 22.3. The number of carbonyl (C=O) groups is 4. The first-order chi connectivity index (χ1) is 14.8. The lowest BCUT2D eigenvalue weighted by molar-refractivity contribution is -0.157. The summed E-state index contributed by atoms with van der Waals surface area (Å²) in [5.74, 6) is -3.03. The number of benzene rings is 2. The number of para-hydroxylation sites is 1. The number of ketones is 1. The van der Waals surface area contributed by atoms with Crippen LogP contribution >= 0.6 is 0 Å². The van der Waals surface area contributed by atoms with Gasteiger partial charge in [-0.3, -0.25) is 19.3 Å². The molecular formula is C23H21FN2O5. The number of esters is 1. The molecule has 7 nitrogen and oxygen atoms in total. The van der Waals surface area contributed by atoms with Gasteiger partial charge in [0.1, 0.15) is 5.82 Å². The van der Waals surface area contributed by atoms with Crippen LogP contribution in [0.4, 0.5) is 10.1 Å². The monoisotopic (exact) mass is 424 g/mol. The lowest BCUT2D eigenvalue weighted by Gasteiger charge is -2.50. The van der Waals surface area contributed by atoms with Crippen LogP contribution in [0.3, 0.4) is 0 Å². The van der Waals surface area contributed by atoms with Gasteiger partial charge in [0.15, 0.2) is 6.61 Å². The maximum absolute atomic E-state index is 13.9. The Bertz CT molecular complexity index is 1100. The fraction of sp³-hybridized carbons (Fsp3) is 0.304. The Labute approximate surface area is 178 Å². The van der Waals surface area contributed by atoms with E-state index >= 15 is 0 Å². The fourth-order valence-corrected chi connectivity index (χ4v) is 4.39. The van der Waals surface area contributed by atoms with Gasteiger partial charge in [0.05, 0.1) is 16.8 Å². The summed E-state index contributed by atoms with van der Waals surface area (Å²) in [6.07, 6.45) is 0.0814. The van der Waals surface area contributed by atoms with E-state index in [1.807, 2.05) is 0 Å². The van der Waals surface area contributed by atoms with Crippen LogP contribution in [0.15, 0.2) is 48.5 Å². The number of fused-ring (bicyclic) bond motifs is 3. The number of Topliss-reactive ketones (excluding diaryl/α,β-unsaturated/α-hetero) is 1. The van der Waals surface area contributed by atoms with E-state index in [0.29, 0.717) is 11.3 Å². The molecule has 0 N–H and O–H groups in total. The van der Waals surface area contributed by atoms with Crippen molar-refractivity contribution in [1.82, 2.24) is 4.90 Å². The number of anilines is 1. The lowest BCUT2D eigenvalue weighted by atomic mass is 9.95. The highest BCUT2D eigenvalue weighted by Gasteiger charge is 2.62. The molecule has 2 aliphatic rings. The molecule has 1 unspecified atom stereocenters. The van der Waals surface area contributed by atoms with Gasteiger partial charge in [0.25, 0.3) is 5.91 Å². The molecule has 160 valence electrons. The molecule has 1 fully saturated rings. The molecule has 0 bridgehead atoms. The third kappa shape index (κ3) is 3.10. The van der Waals surface area contributed by atoms with Gasteiger partial charge < -0.3 is 9.64 Å². The molecule has 0 aromatic heterocycles. The van der Waals surface area contributed by atoms with E-state index in [4.69, 9.17) is 4.74 Å². The summed E-state index contributed by atoms with van der Waals surface area (Å²) in [4.78, 5) is 54.5. The topological polar surface area (TPSA) is 84.0 Å². The second kappa shape index (κ2) is 7.61. The van der Waals surface area contributed by atoms with E-state index < -0.39 is 41.8 Å². The van der Waals surface area contributed by atoms with Gasteiger partial charge in [0.2, 0.25) is 17.4 Å². The highest BCUT2D eigenvalue weighted by atomic mass is 19.1. The van der Waals surface area contributed by atoms with Gasteiger partial charge in [-0.05, 0) is 38.1 Å². The molecule has 0 radical (unpaired) electrons.